The van der Waals surface area contributed by atoms with Gasteiger partial charge in [0.15, 0.2) is 0 Å². The SMILES string of the molecule is COc1ccc(OC)c(NCCC(=O)Nc2ccc(Br)c(C)c2)c1. The molecule has 24 heavy (non-hydrogen) atoms. The summed E-state index contributed by atoms with van der Waals surface area (Å²) in [7, 11) is 3.22. The Morgan fingerprint density at radius 2 is 1.92 bits per heavy atom. The lowest BCUT2D eigenvalue weighted by Crippen LogP contribution is -2.16. The minimum Gasteiger partial charge on any atom is -0.497 e. The Balaban J connectivity index is 1.89. The van der Waals surface area contributed by atoms with Gasteiger partial charge in [-0.15, -0.1) is 0 Å². The second kappa shape index (κ2) is 8.59. The van der Waals surface area contributed by atoms with E-state index in [0.717, 1.165) is 27.2 Å². The molecule has 2 N–H and O–H groups in total. The topological polar surface area (TPSA) is 59.6 Å². The van der Waals surface area contributed by atoms with Crippen LogP contribution >= 0.6 is 15.9 Å². The van der Waals surface area contributed by atoms with Crippen LogP contribution in [0.5, 0.6) is 11.5 Å². The van der Waals surface area contributed by atoms with Crippen molar-refractivity contribution in [2.75, 3.05) is 31.4 Å². The van der Waals surface area contributed by atoms with Crippen molar-refractivity contribution in [3.8, 4) is 11.5 Å². The van der Waals surface area contributed by atoms with Crippen LogP contribution < -0.4 is 20.1 Å². The summed E-state index contributed by atoms with van der Waals surface area (Å²) in [6, 6.07) is 11.2. The van der Waals surface area contributed by atoms with Crippen molar-refractivity contribution in [2.45, 2.75) is 13.3 Å². The van der Waals surface area contributed by atoms with Crippen molar-refractivity contribution >= 4 is 33.2 Å². The number of hydrogen-bond acceptors (Lipinski definition) is 4. The van der Waals surface area contributed by atoms with Crippen LogP contribution in [-0.4, -0.2) is 26.7 Å². The fourth-order valence-corrected chi connectivity index (χ4v) is 2.46. The van der Waals surface area contributed by atoms with Crippen molar-refractivity contribution in [1.29, 1.82) is 0 Å². The van der Waals surface area contributed by atoms with E-state index in [-0.39, 0.29) is 5.91 Å². The third-order valence-corrected chi connectivity index (χ3v) is 4.41. The summed E-state index contributed by atoms with van der Waals surface area (Å²) < 4.78 is 11.5. The number of rotatable bonds is 7. The Kier molecular flexibility index (Phi) is 6.49. The molecule has 0 spiro atoms. The van der Waals surface area contributed by atoms with E-state index in [9.17, 15) is 4.79 Å². The van der Waals surface area contributed by atoms with Gasteiger partial charge in [-0.1, -0.05) is 15.9 Å². The second-order valence-electron chi connectivity index (χ2n) is 5.26. The summed E-state index contributed by atoms with van der Waals surface area (Å²) in [5, 5.41) is 6.09. The molecule has 0 saturated carbocycles. The highest BCUT2D eigenvalue weighted by Gasteiger charge is 2.07. The van der Waals surface area contributed by atoms with Crippen molar-refractivity contribution in [3.05, 3.63) is 46.4 Å². The zero-order valence-corrected chi connectivity index (χ0v) is 15.6. The molecule has 0 heterocycles. The van der Waals surface area contributed by atoms with E-state index in [0.29, 0.717) is 18.7 Å². The fraction of sp³-hybridized carbons (Fsp3) is 0.278. The molecular formula is C18H21BrN2O3. The van der Waals surface area contributed by atoms with E-state index in [2.05, 4.69) is 26.6 Å². The third-order valence-electron chi connectivity index (χ3n) is 3.52. The van der Waals surface area contributed by atoms with E-state index in [4.69, 9.17) is 9.47 Å². The highest BCUT2D eigenvalue weighted by Crippen LogP contribution is 2.28. The summed E-state index contributed by atoms with van der Waals surface area (Å²) in [4.78, 5) is 12.1. The molecule has 1 amide bonds. The Morgan fingerprint density at radius 3 is 2.58 bits per heavy atom. The monoisotopic (exact) mass is 392 g/mol. The summed E-state index contributed by atoms with van der Waals surface area (Å²) in [5.74, 6) is 1.39. The fourth-order valence-electron chi connectivity index (χ4n) is 2.21. The van der Waals surface area contributed by atoms with Crippen LogP contribution in [0.1, 0.15) is 12.0 Å². The van der Waals surface area contributed by atoms with Gasteiger partial charge in [0, 0.05) is 29.2 Å². The van der Waals surface area contributed by atoms with E-state index < -0.39 is 0 Å². The largest absolute Gasteiger partial charge is 0.497 e. The normalized spacial score (nSPS) is 10.2. The van der Waals surface area contributed by atoms with E-state index >= 15 is 0 Å². The molecule has 0 atom stereocenters. The number of benzene rings is 2. The maximum Gasteiger partial charge on any atom is 0.226 e. The molecule has 128 valence electrons. The first-order chi connectivity index (χ1) is 11.5. The Bertz CT molecular complexity index is 719. The molecular weight excluding hydrogens is 372 g/mol. The maximum atomic E-state index is 12.1. The lowest BCUT2D eigenvalue weighted by Gasteiger charge is -2.13. The molecule has 2 rings (SSSR count). The molecule has 0 bridgehead atoms. The minimum absolute atomic E-state index is 0.0499. The molecule has 0 radical (unpaired) electrons. The van der Waals surface area contributed by atoms with Crippen molar-refractivity contribution in [2.24, 2.45) is 0 Å². The molecule has 0 aliphatic rings. The standard InChI is InChI=1S/C18H21BrN2O3/c1-12-10-13(4-6-15(12)19)21-18(22)8-9-20-16-11-14(23-2)5-7-17(16)24-3/h4-7,10-11,20H,8-9H2,1-3H3,(H,21,22). The number of carbonyl (C=O) groups excluding carboxylic acids is 1. The van der Waals surface area contributed by atoms with Crippen LogP contribution in [0.2, 0.25) is 0 Å². The minimum atomic E-state index is -0.0499. The Hall–Kier alpha value is -2.21. The first kappa shape index (κ1) is 18.1. The zero-order valence-electron chi connectivity index (χ0n) is 14.0. The predicted molar refractivity (Wildman–Crippen MR) is 100 cm³/mol. The van der Waals surface area contributed by atoms with Gasteiger partial charge in [0.2, 0.25) is 5.91 Å². The molecule has 0 saturated heterocycles. The molecule has 0 unspecified atom stereocenters. The van der Waals surface area contributed by atoms with Gasteiger partial charge in [-0.2, -0.15) is 0 Å². The molecule has 0 aliphatic carbocycles. The summed E-state index contributed by atoms with van der Waals surface area (Å²) >= 11 is 3.44. The lowest BCUT2D eigenvalue weighted by molar-refractivity contribution is -0.115. The molecule has 6 heteroatoms. The molecule has 2 aromatic rings. The Morgan fingerprint density at radius 1 is 1.12 bits per heavy atom. The van der Waals surface area contributed by atoms with Gasteiger partial charge in [0.1, 0.15) is 11.5 Å². The number of nitrogens with one attached hydrogen (secondary N) is 2. The van der Waals surface area contributed by atoms with E-state index in [1.54, 1.807) is 14.2 Å². The smallest absolute Gasteiger partial charge is 0.226 e. The molecule has 2 aromatic carbocycles. The summed E-state index contributed by atoms with van der Waals surface area (Å²) in [6.07, 6.45) is 0.343. The number of hydrogen-bond donors (Lipinski definition) is 2. The van der Waals surface area contributed by atoms with Crippen molar-refractivity contribution in [1.82, 2.24) is 0 Å². The van der Waals surface area contributed by atoms with Crippen LogP contribution in [-0.2, 0) is 4.79 Å². The number of anilines is 2. The number of halogens is 1. The Labute approximate surface area is 150 Å². The number of aryl methyl sites for hydroxylation is 1. The lowest BCUT2D eigenvalue weighted by atomic mass is 10.2. The molecule has 0 aromatic heterocycles. The van der Waals surface area contributed by atoms with Gasteiger partial charge in [-0.3, -0.25) is 4.79 Å². The predicted octanol–water partition coefficient (Wildman–Crippen LogP) is 4.22. The van der Waals surface area contributed by atoms with Crippen LogP contribution in [0.15, 0.2) is 40.9 Å². The number of amides is 1. The summed E-state index contributed by atoms with van der Waals surface area (Å²) in [5.41, 5.74) is 2.66. The van der Waals surface area contributed by atoms with Crippen LogP contribution in [0, 0.1) is 6.92 Å². The zero-order chi connectivity index (χ0) is 17.5. The van der Waals surface area contributed by atoms with Gasteiger partial charge in [0.25, 0.3) is 0 Å². The van der Waals surface area contributed by atoms with Gasteiger partial charge in [-0.05, 0) is 42.8 Å². The van der Waals surface area contributed by atoms with Crippen molar-refractivity contribution < 1.29 is 14.3 Å². The van der Waals surface area contributed by atoms with Gasteiger partial charge in [-0.25, -0.2) is 0 Å². The van der Waals surface area contributed by atoms with Crippen LogP contribution in [0.4, 0.5) is 11.4 Å². The number of methoxy groups -OCH3 is 2. The van der Waals surface area contributed by atoms with E-state index in [1.807, 2.05) is 43.3 Å². The molecule has 5 nitrogen and oxygen atoms in total. The first-order valence-corrected chi connectivity index (χ1v) is 8.34. The number of ether oxygens (including phenoxy) is 2. The molecule has 0 fully saturated rings. The highest BCUT2D eigenvalue weighted by molar-refractivity contribution is 9.10. The van der Waals surface area contributed by atoms with Crippen LogP contribution in [0.25, 0.3) is 0 Å². The maximum absolute atomic E-state index is 12.1. The van der Waals surface area contributed by atoms with Gasteiger partial charge >= 0.3 is 0 Å². The number of carbonyl (C=O) groups is 1. The third kappa shape index (κ3) is 4.89. The second-order valence-corrected chi connectivity index (χ2v) is 6.11. The van der Waals surface area contributed by atoms with Crippen LogP contribution in [0.3, 0.4) is 0 Å². The van der Waals surface area contributed by atoms with Gasteiger partial charge in [0.05, 0.1) is 19.9 Å². The van der Waals surface area contributed by atoms with E-state index in [1.165, 1.54) is 0 Å². The molecule has 0 aliphatic heterocycles. The first-order valence-electron chi connectivity index (χ1n) is 7.55. The van der Waals surface area contributed by atoms with Gasteiger partial charge < -0.3 is 20.1 Å². The average Bonchev–Trinajstić information content (AvgIpc) is 2.58. The average molecular weight is 393 g/mol. The highest BCUT2D eigenvalue weighted by atomic mass is 79.9. The summed E-state index contributed by atoms with van der Waals surface area (Å²) in [6.45, 7) is 2.47. The quantitative estimate of drug-likeness (QED) is 0.740. The van der Waals surface area contributed by atoms with Crippen molar-refractivity contribution in [3.63, 3.8) is 0 Å².